The van der Waals surface area contributed by atoms with Gasteiger partial charge in [0, 0.05) is 7.05 Å². The number of rotatable bonds is 1. The molecule has 0 bridgehead atoms. The Kier molecular flexibility index (Phi) is 2.86. The standard InChI is InChI=1S/C16H17N/c1-17-10-8-14(9-11-17)16-7-6-13-4-2-3-5-15(13)12-16/h1-7,12,14H,8-11H2. The third kappa shape index (κ3) is 2.20. The molecular formula is C16H17N. The number of hydrogen-bond acceptors (Lipinski definition) is 1. The number of likely N-dealkylation sites (tertiary alicyclic amines) is 1. The Bertz CT molecular complexity index is 510. The quantitative estimate of drug-likeness (QED) is 0.712. The van der Waals surface area contributed by atoms with E-state index >= 15 is 0 Å². The first kappa shape index (κ1) is 10.8. The van der Waals surface area contributed by atoms with Gasteiger partial charge in [-0.25, -0.2) is 0 Å². The Morgan fingerprint density at radius 2 is 1.65 bits per heavy atom. The van der Waals surface area contributed by atoms with Crippen LogP contribution in [0, 0.1) is 7.05 Å². The van der Waals surface area contributed by atoms with Crippen LogP contribution in [0.4, 0.5) is 0 Å². The lowest BCUT2D eigenvalue weighted by Gasteiger charge is -2.28. The van der Waals surface area contributed by atoms with Gasteiger partial charge < -0.3 is 0 Å². The van der Waals surface area contributed by atoms with Crippen LogP contribution in [0.2, 0.25) is 0 Å². The topological polar surface area (TPSA) is 3.24 Å². The molecule has 0 unspecified atom stereocenters. The molecule has 0 aliphatic carbocycles. The second-order valence-corrected chi connectivity index (χ2v) is 4.92. The van der Waals surface area contributed by atoms with E-state index in [0.717, 1.165) is 13.1 Å². The summed E-state index contributed by atoms with van der Waals surface area (Å²) in [5.41, 5.74) is 1.47. The highest BCUT2D eigenvalue weighted by atomic mass is 15.1. The van der Waals surface area contributed by atoms with Gasteiger partial charge in [-0.15, -0.1) is 0 Å². The summed E-state index contributed by atoms with van der Waals surface area (Å²) >= 11 is 0. The number of nitrogens with zero attached hydrogens (tertiary/aromatic N) is 1. The normalized spacial score (nSPS) is 18.6. The molecule has 1 heteroatoms. The molecule has 2 aromatic carbocycles. The monoisotopic (exact) mass is 223 g/mol. The summed E-state index contributed by atoms with van der Waals surface area (Å²) in [4.78, 5) is 1.93. The molecule has 2 radical (unpaired) electrons. The zero-order chi connectivity index (χ0) is 11.7. The average molecular weight is 223 g/mol. The molecule has 86 valence electrons. The van der Waals surface area contributed by atoms with Crippen molar-refractivity contribution in [3.63, 3.8) is 0 Å². The zero-order valence-corrected chi connectivity index (χ0v) is 9.97. The van der Waals surface area contributed by atoms with Crippen LogP contribution in [0.25, 0.3) is 10.8 Å². The SMILES string of the molecule is [CH]N1CCC(c2ccc3ccccc3c2)CC1. The number of benzene rings is 2. The van der Waals surface area contributed by atoms with Crippen LogP contribution < -0.4 is 0 Å². The lowest BCUT2D eigenvalue weighted by atomic mass is 9.88. The van der Waals surface area contributed by atoms with Gasteiger partial charge >= 0.3 is 0 Å². The molecule has 1 saturated heterocycles. The fourth-order valence-electron chi connectivity index (χ4n) is 2.69. The Labute approximate surface area is 103 Å². The van der Waals surface area contributed by atoms with E-state index in [1.165, 1.54) is 29.2 Å². The van der Waals surface area contributed by atoms with Crippen LogP contribution in [-0.2, 0) is 0 Å². The summed E-state index contributed by atoms with van der Waals surface area (Å²) in [6.07, 6.45) is 2.35. The van der Waals surface area contributed by atoms with Crippen molar-refractivity contribution in [2.75, 3.05) is 13.1 Å². The molecule has 1 nitrogen and oxygen atoms in total. The predicted octanol–water partition coefficient (Wildman–Crippen LogP) is 3.69. The Balaban J connectivity index is 1.90. The van der Waals surface area contributed by atoms with Gasteiger partial charge in [-0.1, -0.05) is 42.5 Å². The molecule has 3 rings (SSSR count). The van der Waals surface area contributed by atoms with Crippen molar-refractivity contribution in [3.05, 3.63) is 55.1 Å². The van der Waals surface area contributed by atoms with Crippen molar-refractivity contribution in [1.29, 1.82) is 0 Å². The molecule has 1 fully saturated rings. The molecule has 1 aliphatic heterocycles. The summed E-state index contributed by atoms with van der Waals surface area (Å²) < 4.78 is 0. The fourth-order valence-corrected chi connectivity index (χ4v) is 2.69. The van der Waals surface area contributed by atoms with Gasteiger partial charge in [0.25, 0.3) is 0 Å². The van der Waals surface area contributed by atoms with Gasteiger partial charge in [-0.2, -0.15) is 0 Å². The van der Waals surface area contributed by atoms with E-state index < -0.39 is 0 Å². The lowest BCUT2D eigenvalue weighted by Crippen LogP contribution is -2.27. The summed E-state index contributed by atoms with van der Waals surface area (Å²) in [5, 5.41) is 2.67. The second kappa shape index (κ2) is 4.50. The van der Waals surface area contributed by atoms with Crippen LogP contribution in [-0.4, -0.2) is 18.0 Å². The van der Waals surface area contributed by atoms with Crippen molar-refractivity contribution in [2.24, 2.45) is 0 Å². The largest absolute Gasteiger partial charge is 0.297 e. The average Bonchev–Trinajstić information content (AvgIpc) is 2.39. The van der Waals surface area contributed by atoms with Crippen LogP contribution in [0.1, 0.15) is 24.3 Å². The minimum Gasteiger partial charge on any atom is -0.297 e. The molecule has 0 atom stereocenters. The second-order valence-electron chi connectivity index (χ2n) is 4.92. The molecule has 0 spiro atoms. The summed E-state index contributed by atoms with van der Waals surface area (Å²) in [7, 11) is 5.80. The van der Waals surface area contributed by atoms with Crippen LogP contribution in [0.5, 0.6) is 0 Å². The maximum Gasteiger partial charge on any atom is 0.0438 e. The van der Waals surface area contributed by atoms with Gasteiger partial charge in [-0.05, 0) is 48.2 Å². The van der Waals surface area contributed by atoms with Crippen molar-refractivity contribution >= 4 is 10.8 Å². The van der Waals surface area contributed by atoms with Crippen molar-refractivity contribution in [3.8, 4) is 0 Å². The first-order chi connectivity index (χ1) is 8.33. The Hall–Kier alpha value is -1.34. The molecule has 0 saturated carbocycles. The fraction of sp³-hybridized carbons (Fsp3) is 0.312. The van der Waals surface area contributed by atoms with Gasteiger partial charge in [0.2, 0.25) is 0 Å². The van der Waals surface area contributed by atoms with Crippen molar-refractivity contribution < 1.29 is 0 Å². The van der Waals surface area contributed by atoms with Gasteiger partial charge in [0.05, 0.1) is 0 Å². The van der Waals surface area contributed by atoms with E-state index in [1.807, 2.05) is 4.90 Å². The lowest BCUT2D eigenvalue weighted by molar-refractivity contribution is 0.280. The van der Waals surface area contributed by atoms with Gasteiger partial charge in [-0.3, -0.25) is 4.90 Å². The van der Waals surface area contributed by atoms with Crippen LogP contribution >= 0.6 is 0 Å². The Morgan fingerprint density at radius 1 is 0.941 bits per heavy atom. The maximum absolute atomic E-state index is 5.80. The molecule has 1 aliphatic rings. The van der Waals surface area contributed by atoms with E-state index in [4.69, 9.17) is 7.05 Å². The Morgan fingerprint density at radius 3 is 2.41 bits per heavy atom. The third-order valence-corrected chi connectivity index (χ3v) is 3.77. The van der Waals surface area contributed by atoms with E-state index in [-0.39, 0.29) is 0 Å². The smallest absolute Gasteiger partial charge is 0.0438 e. The highest BCUT2D eigenvalue weighted by Gasteiger charge is 2.18. The number of fused-ring (bicyclic) bond motifs is 1. The van der Waals surface area contributed by atoms with E-state index in [2.05, 4.69) is 42.5 Å². The summed E-state index contributed by atoms with van der Waals surface area (Å²) in [5.74, 6) is 0.680. The molecular weight excluding hydrogens is 206 g/mol. The van der Waals surface area contributed by atoms with Crippen LogP contribution in [0.15, 0.2) is 42.5 Å². The molecule has 17 heavy (non-hydrogen) atoms. The highest BCUT2D eigenvalue weighted by molar-refractivity contribution is 5.83. The third-order valence-electron chi connectivity index (χ3n) is 3.77. The molecule has 0 amide bonds. The molecule has 1 heterocycles. The van der Waals surface area contributed by atoms with Gasteiger partial charge in [0.15, 0.2) is 0 Å². The van der Waals surface area contributed by atoms with Crippen molar-refractivity contribution in [2.45, 2.75) is 18.8 Å². The first-order valence-electron chi connectivity index (χ1n) is 6.31. The zero-order valence-electron chi connectivity index (χ0n) is 9.97. The minimum absolute atomic E-state index is 0.680. The van der Waals surface area contributed by atoms with Crippen LogP contribution in [0.3, 0.4) is 0 Å². The molecule has 2 aromatic rings. The highest BCUT2D eigenvalue weighted by Crippen LogP contribution is 2.29. The molecule has 0 N–H and O–H groups in total. The van der Waals surface area contributed by atoms with E-state index in [9.17, 15) is 0 Å². The van der Waals surface area contributed by atoms with Gasteiger partial charge in [0.1, 0.15) is 0 Å². The minimum atomic E-state index is 0.680. The number of piperidine rings is 1. The van der Waals surface area contributed by atoms with Crippen molar-refractivity contribution in [1.82, 2.24) is 4.90 Å². The maximum atomic E-state index is 5.80. The van der Waals surface area contributed by atoms with E-state index in [0.29, 0.717) is 5.92 Å². The first-order valence-corrected chi connectivity index (χ1v) is 6.31. The summed E-state index contributed by atoms with van der Waals surface area (Å²) in [6.45, 7) is 2.02. The molecule has 0 aromatic heterocycles. The predicted molar refractivity (Wildman–Crippen MR) is 71.8 cm³/mol. The number of hydrogen-bond donors (Lipinski definition) is 0. The summed E-state index contributed by atoms with van der Waals surface area (Å²) in [6, 6.07) is 15.4. The van der Waals surface area contributed by atoms with E-state index in [1.54, 1.807) is 0 Å².